The van der Waals surface area contributed by atoms with Crippen molar-refractivity contribution in [2.24, 2.45) is 0 Å². The molecule has 0 saturated heterocycles. The first-order valence-corrected chi connectivity index (χ1v) is 33.7. The van der Waals surface area contributed by atoms with Crippen LogP contribution < -0.4 is 0 Å². The van der Waals surface area contributed by atoms with Gasteiger partial charge in [0.1, 0.15) is 19.8 Å². The SMILES string of the molecule is CC/C=C\C/C=C\C/C=C\C/C=C\C/C=C\C/C=C\C/C=C\CCCCCCCCCCCCCC(=O)OC(COC(=O)CCCCCCCC/C=C\C/C=C\C/C=C\C/C=C\C/C=C\C/C=C\CC)COP(=O)(O)OCC[N+](C)(C)C. The van der Waals surface area contributed by atoms with Crippen molar-refractivity contribution in [2.75, 3.05) is 47.5 Å². The molecule has 82 heavy (non-hydrogen) atoms. The minimum absolute atomic E-state index is 0.0198. The zero-order chi connectivity index (χ0) is 59.8. The molecule has 0 aliphatic heterocycles. The molecule has 9 nitrogen and oxygen atoms in total. The highest BCUT2D eigenvalue weighted by Crippen LogP contribution is 2.43. The molecule has 0 heterocycles. The number of ether oxygens (including phenoxy) is 2. The molecule has 2 unspecified atom stereocenters. The lowest BCUT2D eigenvalue weighted by Crippen LogP contribution is -2.37. The summed E-state index contributed by atoms with van der Waals surface area (Å²) < 4.78 is 34.6. The number of carbonyl (C=O) groups is 2. The Morgan fingerprint density at radius 3 is 0.976 bits per heavy atom. The average Bonchev–Trinajstić information content (AvgIpc) is 3.46. The molecular weight excluding hydrogens is 1040 g/mol. The van der Waals surface area contributed by atoms with E-state index in [1.807, 2.05) is 21.1 Å². The highest BCUT2D eigenvalue weighted by molar-refractivity contribution is 7.47. The van der Waals surface area contributed by atoms with Gasteiger partial charge < -0.3 is 18.9 Å². The van der Waals surface area contributed by atoms with Gasteiger partial charge in [-0.15, -0.1) is 0 Å². The molecule has 0 aromatic heterocycles. The molecule has 0 radical (unpaired) electrons. The second-order valence-corrected chi connectivity index (χ2v) is 23.5. The van der Waals surface area contributed by atoms with Crippen LogP contribution in [0.1, 0.15) is 232 Å². The largest absolute Gasteiger partial charge is 0.472 e. The Labute approximate surface area is 503 Å². The molecule has 0 aliphatic carbocycles. The van der Waals surface area contributed by atoms with E-state index in [1.54, 1.807) is 0 Å². The summed E-state index contributed by atoms with van der Waals surface area (Å²) in [6, 6.07) is 0. The number of rotatable bonds is 57. The van der Waals surface area contributed by atoms with E-state index >= 15 is 0 Å². The predicted molar refractivity (Wildman–Crippen MR) is 353 cm³/mol. The van der Waals surface area contributed by atoms with Crippen molar-refractivity contribution in [1.29, 1.82) is 0 Å². The van der Waals surface area contributed by atoms with Gasteiger partial charge in [0.25, 0.3) is 0 Å². The van der Waals surface area contributed by atoms with Gasteiger partial charge in [-0.2, -0.15) is 0 Å². The second kappa shape index (κ2) is 61.2. The van der Waals surface area contributed by atoms with E-state index in [2.05, 4.69) is 172 Å². The number of likely N-dealkylation sites (N-methyl/N-ethyl adjacent to an activating group) is 1. The Morgan fingerprint density at radius 1 is 0.378 bits per heavy atom. The van der Waals surface area contributed by atoms with Crippen molar-refractivity contribution in [3.63, 3.8) is 0 Å². The molecular formula is C72H119NO8P+. The summed E-state index contributed by atoms with van der Waals surface area (Å²) in [5, 5.41) is 0. The summed E-state index contributed by atoms with van der Waals surface area (Å²) >= 11 is 0. The van der Waals surface area contributed by atoms with Gasteiger partial charge in [-0.25, -0.2) is 4.57 Å². The number of esters is 2. The normalized spacial score (nSPS) is 14.3. The van der Waals surface area contributed by atoms with Crippen LogP contribution in [0.5, 0.6) is 0 Å². The van der Waals surface area contributed by atoms with Gasteiger partial charge >= 0.3 is 19.8 Å². The van der Waals surface area contributed by atoms with E-state index in [0.29, 0.717) is 23.9 Å². The molecule has 2 atom stereocenters. The van der Waals surface area contributed by atoms with Crippen molar-refractivity contribution in [2.45, 2.75) is 238 Å². The highest BCUT2D eigenvalue weighted by atomic mass is 31.2. The minimum Gasteiger partial charge on any atom is -0.462 e. The van der Waals surface area contributed by atoms with E-state index in [0.717, 1.165) is 148 Å². The lowest BCUT2D eigenvalue weighted by molar-refractivity contribution is -0.870. The van der Waals surface area contributed by atoms with Crippen LogP contribution in [-0.4, -0.2) is 74.9 Å². The van der Waals surface area contributed by atoms with E-state index in [1.165, 1.54) is 44.9 Å². The maximum Gasteiger partial charge on any atom is 0.472 e. The lowest BCUT2D eigenvalue weighted by atomic mass is 10.0. The maximum atomic E-state index is 12.9. The molecule has 1 N–H and O–H groups in total. The molecule has 0 saturated carbocycles. The number of unbranched alkanes of at least 4 members (excludes halogenated alkanes) is 17. The van der Waals surface area contributed by atoms with Crippen molar-refractivity contribution < 1.29 is 42.1 Å². The number of hydrogen-bond acceptors (Lipinski definition) is 7. The molecule has 0 aliphatic rings. The summed E-state index contributed by atoms with van der Waals surface area (Å²) in [7, 11) is 1.44. The van der Waals surface area contributed by atoms with Crippen molar-refractivity contribution in [3.8, 4) is 0 Å². The Kier molecular flexibility index (Phi) is 57.9. The standard InChI is InChI=1S/C72H118NO8P/c1-6-8-10-12-14-16-18-20-22-24-26-28-30-32-33-34-35-36-37-38-39-41-43-45-47-49-51-53-55-57-59-61-63-65-72(75)81-70(69-80-82(76,77)79-67-66-73(3,4)5)68-78-71(74)64-62-60-58-56-54-52-50-48-46-44-42-40-31-29-27-25-23-21-19-17-15-13-11-9-7-2/h8-11,14-17,20-23,26-29,32-33,35-36,38-40,42,46,48,70H,6-7,12-13,18-19,24-25,30-31,34,37,41,43-45,47,49-69H2,1-5H3/p+1/b10-8-,11-9-,16-14-,17-15-,22-20-,23-21-,28-26-,29-27-,33-32-,36-35-,39-38-,42-40-,48-46-. The fourth-order valence-electron chi connectivity index (χ4n) is 8.18. The summed E-state index contributed by atoms with van der Waals surface area (Å²) in [6.45, 7) is 4.17. The van der Waals surface area contributed by atoms with Gasteiger partial charge in [0.05, 0.1) is 27.7 Å². The van der Waals surface area contributed by atoms with Crippen LogP contribution in [0.2, 0.25) is 0 Å². The van der Waals surface area contributed by atoms with Gasteiger partial charge in [-0.3, -0.25) is 18.6 Å². The summed E-state index contributed by atoms with van der Waals surface area (Å²) in [5.74, 6) is -0.828. The molecule has 0 rings (SSSR count). The molecule has 0 bridgehead atoms. The van der Waals surface area contributed by atoms with Crippen LogP contribution in [-0.2, 0) is 32.7 Å². The smallest absolute Gasteiger partial charge is 0.462 e. The monoisotopic (exact) mass is 1160 g/mol. The van der Waals surface area contributed by atoms with Crippen LogP contribution in [0.15, 0.2) is 158 Å². The van der Waals surface area contributed by atoms with Gasteiger partial charge in [-0.05, 0) is 122 Å². The molecule has 0 spiro atoms. The van der Waals surface area contributed by atoms with Crippen molar-refractivity contribution in [3.05, 3.63) is 158 Å². The first-order chi connectivity index (χ1) is 40.0. The van der Waals surface area contributed by atoms with Gasteiger partial charge in [-0.1, -0.05) is 255 Å². The van der Waals surface area contributed by atoms with E-state index in [-0.39, 0.29) is 32.0 Å². The number of nitrogens with zero attached hydrogens (tertiary/aromatic N) is 1. The Balaban J connectivity index is 4.19. The number of allylic oxidation sites excluding steroid dienone is 26. The third-order valence-electron chi connectivity index (χ3n) is 13.1. The van der Waals surface area contributed by atoms with E-state index < -0.39 is 26.5 Å². The van der Waals surface area contributed by atoms with Crippen LogP contribution in [0.25, 0.3) is 0 Å². The highest BCUT2D eigenvalue weighted by Gasteiger charge is 2.27. The lowest BCUT2D eigenvalue weighted by Gasteiger charge is -2.24. The van der Waals surface area contributed by atoms with Crippen LogP contribution in [0.4, 0.5) is 0 Å². The Hall–Kier alpha value is -4.37. The zero-order valence-corrected chi connectivity index (χ0v) is 53.6. The second-order valence-electron chi connectivity index (χ2n) is 22.0. The molecule has 0 amide bonds. The third kappa shape index (κ3) is 64.8. The quantitative estimate of drug-likeness (QED) is 0.0211. The Morgan fingerprint density at radius 2 is 0.659 bits per heavy atom. The topological polar surface area (TPSA) is 108 Å². The fourth-order valence-corrected chi connectivity index (χ4v) is 8.92. The van der Waals surface area contributed by atoms with Gasteiger partial charge in [0.15, 0.2) is 6.10 Å². The van der Waals surface area contributed by atoms with Crippen LogP contribution in [0, 0.1) is 0 Å². The maximum absolute atomic E-state index is 12.9. The number of hydrogen-bond donors (Lipinski definition) is 1. The molecule has 0 aromatic carbocycles. The molecule has 0 aromatic rings. The minimum atomic E-state index is -4.41. The average molecular weight is 1160 g/mol. The third-order valence-corrected chi connectivity index (χ3v) is 14.0. The molecule has 464 valence electrons. The number of quaternary nitrogens is 1. The van der Waals surface area contributed by atoms with E-state index in [4.69, 9.17) is 18.5 Å². The fraction of sp³-hybridized carbons (Fsp3) is 0.611. The van der Waals surface area contributed by atoms with Crippen molar-refractivity contribution >= 4 is 19.8 Å². The van der Waals surface area contributed by atoms with Gasteiger partial charge in [0.2, 0.25) is 0 Å². The van der Waals surface area contributed by atoms with Gasteiger partial charge in [0, 0.05) is 12.8 Å². The number of phosphoric acid groups is 1. The number of carbonyl (C=O) groups excluding carboxylic acids is 2. The molecule has 0 fully saturated rings. The van der Waals surface area contributed by atoms with Crippen LogP contribution >= 0.6 is 7.82 Å². The predicted octanol–water partition coefficient (Wildman–Crippen LogP) is 20.8. The zero-order valence-electron chi connectivity index (χ0n) is 52.7. The van der Waals surface area contributed by atoms with Crippen LogP contribution in [0.3, 0.4) is 0 Å². The first-order valence-electron chi connectivity index (χ1n) is 32.2. The first kappa shape index (κ1) is 77.6. The summed E-state index contributed by atoms with van der Waals surface area (Å²) in [4.78, 5) is 35.8. The van der Waals surface area contributed by atoms with Crippen molar-refractivity contribution in [1.82, 2.24) is 0 Å². The number of phosphoric ester groups is 1. The Bertz CT molecular complexity index is 1940. The summed E-state index contributed by atoms with van der Waals surface area (Å²) in [5.41, 5.74) is 0. The van der Waals surface area contributed by atoms with E-state index in [9.17, 15) is 19.0 Å². The summed E-state index contributed by atoms with van der Waals surface area (Å²) in [6.07, 6.45) is 91.7. The molecule has 10 heteroatoms.